The molecule has 1 saturated heterocycles. The van der Waals surface area contributed by atoms with Gasteiger partial charge in [0, 0.05) is 18.8 Å². The summed E-state index contributed by atoms with van der Waals surface area (Å²) in [6.45, 7) is 0.216. The van der Waals surface area contributed by atoms with Crippen molar-refractivity contribution in [2.75, 3.05) is 0 Å². The van der Waals surface area contributed by atoms with Crippen molar-refractivity contribution in [3.05, 3.63) is 30.1 Å². The number of pyridine rings is 1. The van der Waals surface area contributed by atoms with Crippen LogP contribution in [0.1, 0.15) is 18.4 Å². The van der Waals surface area contributed by atoms with Crippen molar-refractivity contribution in [2.45, 2.75) is 25.5 Å². The SMILES string of the molecule is O=C1CCC(C(=O)OCc2ccncc2)N1. The lowest BCUT2D eigenvalue weighted by Crippen LogP contribution is -2.34. The molecule has 1 atom stereocenters. The number of amides is 1. The Morgan fingerprint density at radius 1 is 1.50 bits per heavy atom. The predicted octanol–water partition coefficient (Wildman–Crippen LogP) is 0.403. The summed E-state index contributed by atoms with van der Waals surface area (Å²) in [4.78, 5) is 26.3. The van der Waals surface area contributed by atoms with E-state index >= 15 is 0 Å². The summed E-state index contributed by atoms with van der Waals surface area (Å²) < 4.78 is 5.08. The summed E-state index contributed by atoms with van der Waals surface area (Å²) in [6, 6.07) is 3.08. The zero-order valence-electron chi connectivity index (χ0n) is 8.68. The number of hydrogen-bond acceptors (Lipinski definition) is 4. The summed E-state index contributed by atoms with van der Waals surface area (Å²) in [5.74, 6) is -0.464. The number of nitrogens with zero attached hydrogens (tertiary/aromatic N) is 1. The summed E-state index contributed by atoms with van der Waals surface area (Å²) in [6.07, 6.45) is 4.20. The van der Waals surface area contributed by atoms with Gasteiger partial charge in [0.2, 0.25) is 5.91 Å². The molecule has 1 aromatic heterocycles. The Hall–Kier alpha value is -1.91. The van der Waals surface area contributed by atoms with Crippen molar-refractivity contribution in [1.82, 2.24) is 10.3 Å². The van der Waals surface area contributed by atoms with Gasteiger partial charge in [-0.05, 0) is 24.1 Å². The van der Waals surface area contributed by atoms with Gasteiger partial charge < -0.3 is 10.1 Å². The third-order valence-electron chi connectivity index (χ3n) is 2.41. The van der Waals surface area contributed by atoms with E-state index in [0.29, 0.717) is 12.8 Å². The molecule has 1 unspecified atom stereocenters. The van der Waals surface area contributed by atoms with E-state index in [1.807, 2.05) is 0 Å². The second kappa shape index (κ2) is 4.74. The number of rotatable bonds is 3. The molecule has 2 heterocycles. The molecular weight excluding hydrogens is 208 g/mol. The number of ether oxygens (including phenoxy) is 1. The quantitative estimate of drug-likeness (QED) is 0.749. The highest BCUT2D eigenvalue weighted by molar-refractivity contribution is 5.87. The van der Waals surface area contributed by atoms with Crippen LogP contribution in [0.5, 0.6) is 0 Å². The van der Waals surface area contributed by atoms with Crippen LogP contribution in [0.25, 0.3) is 0 Å². The van der Waals surface area contributed by atoms with Crippen molar-refractivity contribution in [2.24, 2.45) is 0 Å². The molecule has 1 aromatic rings. The first-order chi connectivity index (χ1) is 7.75. The monoisotopic (exact) mass is 220 g/mol. The summed E-state index contributed by atoms with van der Waals surface area (Å²) in [5, 5.41) is 2.56. The van der Waals surface area contributed by atoms with Gasteiger partial charge in [-0.1, -0.05) is 0 Å². The van der Waals surface area contributed by atoms with Gasteiger partial charge in [0.05, 0.1) is 0 Å². The lowest BCUT2D eigenvalue weighted by atomic mass is 10.2. The van der Waals surface area contributed by atoms with E-state index in [0.717, 1.165) is 5.56 Å². The Morgan fingerprint density at radius 3 is 2.88 bits per heavy atom. The fourth-order valence-electron chi connectivity index (χ4n) is 1.52. The smallest absolute Gasteiger partial charge is 0.328 e. The van der Waals surface area contributed by atoms with E-state index < -0.39 is 6.04 Å². The number of esters is 1. The molecule has 0 bridgehead atoms. The van der Waals surface area contributed by atoms with Crippen molar-refractivity contribution in [3.8, 4) is 0 Å². The lowest BCUT2D eigenvalue weighted by Gasteiger charge is -2.09. The minimum atomic E-state index is -0.477. The van der Waals surface area contributed by atoms with Gasteiger partial charge in [-0.15, -0.1) is 0 Å². The highest BCUT2D eigenvalue weighted by atomic mass is 16.5. The van der Waals surface area contributed by atoms with E-state index in [4.69, 9.17) is 4.74 Å². The Balaban J connectivity index is 1.82. The molecule has 1 aliphatic rings. The van der Waals surface area contributed by atoms with Crippen LogP contribution in [0.4, 0.5) is 0 Å². The second-order valence-corrected chi connectivity index (χ2v) is 3.62. The molecule has 5 heteroatoms. The first kappa shape index (κ1) is 10.6. The first-order valence-electron chi connectivity index (χ1n) is 5.10. The maximum Gasteiger partial charge on any atom is 0.328 e. The second-order valence-electron chi connectivity index (χ2n) is 3.62. The molecule has 0 spiro atoms. The highest BCUT2D eigenvalue weighted by Crippen LogP contribution is 2.09. The fourth-order valence-corrected chi connectivity index (χ4v) is 1.52. The number of hydrogen-bond donors (Lipinski definition) is 1. The summed E-state index contributed by atoms with van der Waals surface area (Å²) in [5.41, 5.74) is 0.882. The van der Waals surface area contributed by atoms with Crippen LogP contribution in [0.2, 0.25) is 0 Å². The molecule has 1 aliphatic heterocycles. The molecule has 5 nitrogen and oxygen atoms in total. The Bertz CT molecular complexity index is 391. The normalized spacial score (nSPS) is 19.2. The van der Waals surface area contributed by atoms with Gasteiger partial charge in [-0.2, -0.15) is 0 Å². The predicted molar refractivity (Wildman–Crippen MR) is 55.2 cm³/mol. The topological polar surface area (TPSA) is 68.3 Å². The van der Waals surface area contributed by atoms with Crippen molar-refractivity contribution in [1.29, 1.82) is 0 Å². The molecule has 0 saturated carbocycles. The summed E-state index contributed by atoms with van der Waals surface area (Å²) in [7, 11) is 0. The fraction of sp³-hybridized carbons (Fsp3) is 0.364. The van der Waals surface area contributed by atoms with Crippen LogP contribution >= 0.6 is 0 Å². The van der Waals surface area contributed by atoms with Crippen LogP contribution in [-0.2, 0) is 20.9 Å². The average molecular weight is 220 g/mol. The molecule has 2 rings (SSSR count). The van der Waals surface area contributed by atoms with E-state index in [9.17, 15) is 9.59 Å². The number of carbonyl (C=O) groups is 2. The highest BCUT2D eigenvalue weighted by Gasteiger charge is 2.28. The van der Waals surface area contributed by atoms with Crippen LogP contribution in [0.15, 0.2) is 24.5 Å². The average Bonchev–Trinajstić information content (AvgIpc) is 2.74. The Kier molecular flexibility index (Phi) is 3.14. The maximum absolute atomic E-state index is 11.5. The van der Waals surface area contributed by atoms with Crippen molar-refractivity contribution in [3.63, 3.8) is 0 Å². The minimum absolute atomic E-state index is 0.0918. The zero-order chi connectivity index (χ0) is 11.4. The van der Waals surface area contributed by atoms with Crippen LogP contribution in [0.3, 0.4) is 0 Å². The number of carbonyl (C=O) groups excluding carboxylic acids is 2. The van der Waals surface area contributed by atoms with Gasteiger partial charge in [0.1, 0.15) is 12.6 Å². The third-order valence-corrected chi connectivity index (χ3v) is 2.41. The molecule has 84 valence electrons. The first-order valence-corrected chi connectivity index (χ1v) is 5.10. The molecule has 1 amide bonds. The van der Waals surface area contributed by atoms with Gasteiger partial charge in [0.25, 0.3) is 0 Å². The zero-order valence-corrected chi connectivity index (χ0v) is 8.68. The Labute approximate surface area is 92.8 Å². The van der Waals surface area contributed by atoms with Crippen LogP contribution in [-0.4, -0.2) is 22.9 Å². The number of nitrogens with one attached hydrogen (secondary N) is 1. The molecule has 16 heavy (non-hydrogen) atoms. The third kappa shape index (κ3) is 2.56. The van der Waals surface area contributed by atoms with Gasteiger partial charge in [0.15, 0.2) is 0 Å². The van der Waals surface area contributed by atoms with Gasteiger partial charge >= 0.3 is 5.97 Å². The maximum atomic E-state index is 11.5. The van der Waals surface area contributed by atoms with Crippen molar-refractivity contribution < 1.29 is 14.3 Å². The molecule has 1 N–H and O–H groups in total. The molecular formula is C11H12N2O3. The van der Waals surface area contributed by atoms with Gasteiger partial charge in [-0.25, -0.2) is 4.79 Å². The van der Waals surface area contributed by atoms with E-state index in [-0.39, 0.29) is 18.5 Å². The molecule has 0 aliphatic carbocycles. The lowest BCUT2D eigenvalue weighted by molar-refractivity contribution is -0.147. The van der Waals surface area contributed by atoms with Crippen LogP contribution < -0.4 is 5.32 Å². The largest absolute Gasteiger partial charge is 0.459 e. The van der Waals surface area contributed by atoms with Crippen molar-refractivity contribution >= 4 is 11.9 Å². The minimum Gasteiger partial charge on any atom is -0.459 e. The van der Waals surface area contributed by atoms with Gasteiger partial charge in [-0.3, -0.25) is 9.78 Å². The molecule has 1 fully saturated rings. The van der Waals surface area contributed by atoms with E-state index in [1.165, 1.54) is 0 Å². The number of aromatic nitrogens is 1. The standard InChI is InChI=1S/C11H12N2O3/c14-10-2-1-9(13-10)11(15)16-7-8-3-5-12-6-4-8/h3-6,9H,1-2,7H2,(H,13,14). The molecule has 0 aromatic carbocycles. The van der Waals surface area contributed by atoms with Crippen LogP contribution in [0, 0.1) is 0 Å². The summed E-state index contributed by atoms with van der Waals surface area (Å²) >= 11 is 0. The Morgan fingerprint density at radius 2 is 2.25 bits per heavy atom. The van der Waals surface area contributed by atoms with E-state index in [2.05, 4.69) is 10.3 Å². The van der Waals surface area contributed by atoms with E-state index in [1.54, 1.807) is 24.5 Å². The molecule has 0 radical (unpaired) electrons.